The number of carbonyl (C=O) groups is 2. The number of nitrogens with zero attached hydrogens (tertiary/aromatic N) is 2. The molecule has 0 spiro atoms. The molecule has 14 heteroatoms. The molecule has 1 aromatic heterocycles. The summed E-state index contributed by atoms with van der Waals surface area (Å²) in [5.41, 5.74) is 0.567. The van der Waals surface area contributed by atoms with Gasteiger partial charge in [-0.25, -0.2) is 23.4 Å². The zero-order valence-corrected chi connectivity index (χ0v) is 22.3. The Bertz CT molecular complexity index is 1320. The fourth-order valence-electron chi connectivity index (χ4n) is 3.82. The summed E-state index contributed by atoms with van der Waals surface area (Å²) in [4.78, 5) is 33.3. The molecule has 2 aromatic rings. The Morgan fingerprint density at radius 1 is 1.38 bits per heavy atom. The first-order valence-electron chi connectivity index (χ1n) is 10.8. The van der Waals surface area contributed by atoms with Crippen LogP contribution in [0.15, 0.2) is 46.7 Å². The highest BCUT2D eigenvalue weighted by atomic mass is 79.9. The number of morpholine rings is 1. The van der Waals surface area contributed by atoms with Crippen molar-refractivity contribution in [2.24, 2.45) is 4.99 Å². The van der Waals surface area contributed by atoms with Gasteiger partial charge in [-0.3, -0.25) is 4.99 Å². The van der Waals surface area contributed by atoms with Crippen LogP contribution < -0.4 is 10.6 Å². The first kappa shape index (κ1) is 27.3. The second-order valence-electron chi connectivity index (χ2n) is 7.87. The number of aromatic nitrogens is 1. The number of thiazole rings is 1. The van der Waals surface area contributed by atoms with E-state index in [1.165, 1.54) is 30.6 Å². The van der Waals surface area contributed by atoms with E-state index >= 15 is 0 Å². The molecule has 3 atom stereocenters. The minimum atomic E-state index is -1.25. The molecular formula is C23H20BrClF2N4O5S. The Morgan fingerprint density at radius 2 is 2.16 bits per heavy atom. The highest BCUT2D eigenvalue weighted by Crippen LogP contribution is 2.38. The summed E-state index contributed by atoms with van der Waals surface area (Å²) in [5, 5.41) is 15.3. The van der Waals surface area contributed by atoms with Gasteiger partial charge in [0.15, 0.2) is 22.5 Å². The van der Waals surface area contributed by atoms with Crippen molar-refractivity contribution in [2.75, 3.05) is 25.5 Å². The van der Waals surface area contributed by atoms with E-state index in [1.807, 2.05) is 0 Å². The molecule has 3 heterocycles. The maximum absolute atomic E-state index is 14.3. The number of hydrogen-bond donors (Lipinski definition) is 3. The van der Waals surface area contributed by atoms with E-state index in [4.69, 9.17) is 26.2 Å². The van der Waals surface area contributed by atoms with E-state index in [0.717, 1.165) is 17.0 Å². The number of carbonyl (C=O) groups excluding carboxylic acids is 1. The van der Waals surface area contributed by atoms with Crippen molar-refractivity contribution in [3.63, 3.8) is 0 Å². The van der Waals surface area contributed by atoms with Crippen LogP contribution >= 0.6 is 38.9 Å². The lowest BCUT2D eigenvalue weighted by molar-refractivity contribution is -0.136. The average molecular weight is 618 g/mol. The summed E-state index contributed by atoms with van der Waals surface area (Å²) < 4.78 is 39.0. The van der Waals surface area contributed by atoms with Crippen molar-refractivity contribution in [1.82, 2.24) is 15.6 Å². The Hall–Kier alpha value is -2.71. The smallest absolute Gasteiger partial charge is 0.338 e. The number of rotatable bonds is 7. The lowest BCUT2D eigenvalue weighted by Crippen LogP contribution is -2.39. The van der Waals surface area contributed by atoms with E-state index in [2.05, 4.69) is 36.5 Å². The number of allylic oxidation sites excluding steroid dienone is 1. The zero-order chi connectivity index (χ0) is 26.7. The number of halogens is 4. The summed E-state index contributed by atoms with van der Waals surface area (Å²) in [6, 6.07) is 1.09. The minimum Gasteiger partial charge on any atom is -0.478 e. The number of methoxy groups -OCH3 is 1. The molecule has 0 saturated carbocycles. The summed E-state index contributed by atoms with van der Waals surface area (Å²) in [7, 11) is 1.20. The van der Waals surface area contributed by atoms with E-state index < -0.39 is 40.7 Å². The third-order valence-electron chi connectivity index (χ3n) is 5.54. The van der Waals surface area contributed by atoms with Gasteiger partial charge in [-0.05, 0) is 12.1 Å². The van der Waals surface area contributed by atoms with Crippen molar-refractivity contribution in [3.8, 4) is 0 Å². The first-order chi connectivity index (χ1) is 17.7. The predicted octanol–water partition coefficient (Wildman–Crippen LogP) is 3.66. The highest BCUT2D eigenvalue weighted by molar-refractivity contribution is 9.09. The van der Waals surface area contributed by atoms with Gasteiger partial charge in [0.1, 0.15) is 12.1 Å². The normalized spacial score (nSPS) is 22.1. The summed E-state index contributed by atoms with van der Waals surface area (Å²) in [5.74, 6) is -3.86. The number of esters is 1. The number of nitrogens with one attached hydrogen (secondary N) is 2. The predicted molar refractivity (Wildman–Crippen MR) is 136 cm³/mol. The largest absolute Gasteiger partial charge is 0.478 e. The lowest BCUT2D eigenvalue weighted by atomic mass is 9.95. The van der Waals surface area contributed by atoms with Gasteiger partial charge in [0.05, 0.1) is 28.7 Å². The SMILES string of the molecule is COC(=O)C1=C(CBr)NC(c2ncc(C3CNC[C@@H](/C=C/C(=O)O)O3)s2)=N[C@H]1c1ccc(F)c(F)c1Cl. The number of benzene rings is 1. The van der Waals surface area contributed by atoms with Crippen molar-refractivity contribution in [2.45, 2.75) is 18.2 Å². The summed E-state index contributed by atoms with van der Waals surface area (Å²) in [6.45, 7) is 0.956. The Balaban J connectivity index is 1.69. The quantitative estimate of drug-likeness (QED) is 0.186. The van der Waals surface area contributed by atoms with Crippen LogP contribution in [0.4, 0.5) is 8.78 Å². The maximum Gasteiger partial charge on any atom is 0.338 e. The third-order valence-corrected chi connectivity index (χ3v) is 7.58. The average Bonchev–Trinajstić information content (AvgIpc) is 3.40. The second kappa shape index (κ2) is 11.8. The van der Waals surface area contributed by atoms with Crippen LogP contribution in [-0.4, -0.2) is 59.5 Å². The maximum atomic E-state index is 14.3. The van der Waals surface area contributed by atoms with E-state index in [0.29, 0.717) is 23.8 Å². The number of amidine groups is 1. The number of aliphatic imine (C=N–C) groups is 1. The number of ether oxygens (including phenoxy) is 2. The third kappa shape index (κ3) is 5.91. The highest BCUT2D eigenvalue weighted by Gasteiger charge is 2.35. The van der Waals surface area contributed by atoms with Crippen LogP contribution in [0.2, 0.25) is 5.02 Å². The summed E-state index contributed by atoms with van der Waals surface area (Å²) >= 11 is 10.7. The number of alkyl halides is 1. The standard InChI is InChI=1S/C23H20BrClF2N4O5S/c1-35-23(34)17-13(6-24)30-21(31-20(17)11-3-4-12(26)19(27)18(11)25)22-29-9-15(37-22)14-8-28-7-10(36-14)2-5-16(32)33/h2-5,9-10,14,20,28H,6-8H2,1H3,(H,30,31)(H,32,33)/b5-2+/t10-,14?,20+/m1/s1. The molecule has 1 saturated heterocycles. The van der Waals surface area contributed by atoms with E-state index in [1.54, 1.807) is 6.20 Å². The van der Waals surface area contributed by atoms with Crippen molar-refractivity contribution in [3.05, 3.63) is 73.9 Å². The van der Waals surface area contributed by atoms with Crippen LogP contribution in [0.5, 0.6) is 0 Å². The zero-order valence-electron chi connectivity index (χ0n) is 19.1. The van der Waals surface area contributed by atoms with Crippen molar-refractivity contribution >= 4 is 56.6 Å². The number of carboxylic acid groups (broad SMARTS) is 1. The monoisotopic (exact) mass is 616 g/mol. The number of hydrogen-bond acceptors (Lipinski definition) is 9. The first-order valence-corrected chi connectivity index (χ1v) is 13.1. The molecule has 0 bridgehead atoms. The van der Waals surface area contributed by atoms with Gasteiger partial charge in [0.25, 0.3) is 0 Å². The molecule has 196 valence electrons. The molecular weight excluding hydrogens is 598 g/mol. The Kier molecular flexibility index (Phi) is 8.70. The lowest BCUT2D eigenvalue weighted by Gasteiger charge is -2.28. The molecule has 0 radical (unpaired) electrons. The molecule has 2 aliphatic heterocycles. The fraction of sp³-hybridized carbons (Fsp3) is 0.304. The van der Waals surface area contributed by atoms with Gasteiger partial charge in [-0.2, -0.15) is 0 Å². The Morgan fingerprint density at radius 3 is 2.86 bits per heavy atom. The fourth-order valence-corrected chi connectivity index (χ4v) is 5.42. The van der Waals surface area contributed by atoms with Gasteiger partial charge in [-0.1, -0.05) is 33.6 Å². The topological polar surface area (TPSA) is 122 Å². The molecule has 2 aliphatic rings. The van der Waals surface area contributed by atoms with Gasteiger partial charge in [-0.15, -0.1) is 11.3 Å². The minimum absolute atomic E-state index is 0.0840. The van der Waals surface area contributed by atoms with Crippen LogP contribution in [0.3, 0.4) is 0 Å². The van der Waals surface area contributed by atoms with Crippen molar-refractivity contribution < 1.29 is 33.0 Å². The molecule has 1 unspecified atom stereocenters. The van der Waals surface area contributed by atoms with Crippen LogP contribution in [-0.2, 0) is 19.1 Å². The van der Waals surface area contributed by atoms with E-state index in [9.17, 15) is 18.4 Å². The molecule has 1 aromatic carbocycles. The van der Waals surface area contributed by atoms with Crippen LogP contribution in [0.25, 0.3) is 0 Å². The molecule has 1 fully saturated rings. The summed E-state index contributed by atoms with van der Waals surface area (Å²) in [6.07, 6.45) is 3.29. The molecule has 3 N–H and O–H groups in total. The molecule has 9 nitrogen and oxygen atoms in total. The van der Waals surface area contributed by atoms with Gasteiger partial charge in [0.2, 0.25) is 0 Å². The molecule has 0 aliphatic carbocycles. The number of carboxylic acids is 1. The van der Waals surface area contributed by atoms with Gasteiger partial charge >= 0.3 is 11.9 Å². The second-order valence-corrected chi connectivity index (χ2v) is 9.87. The van der Waals surface area contributed by atoms with Gasteiger partial charge in [0, 0.05) is 42.0 Å². The van der Waals surface area contributed by atoms with Gasteiger partial charge < -0.3 is 25.2 Å². The molecule has 37 heavy (non-hydrogen) atoms. The number of aliphatic carboxylic acids is 1. The van der Waals surface area contributed by atoms with Crippen LogP contribution in [0.1, 0.15) is 27.6 Å². The molecule has 4 rings (SSSR count). The van der Waals surface area contributed by atoms with Crippen LogP contribution in [0, 0.1) is 11.6 Å². The van der Waals surface area contributed by atoms with E-state index in [-0.39, 0.29) is 28.4 Å². The molecule has 0 amide bonds. The Labute approximate surface area is 227 Å². The van der Waals surface area contributed by atoms with Crippen molar-refractivity contribution in [1.29, 1.82) is 0 Å².